The number of rotatable bonds is 6. The third-order valence-electron chi connectivity index (χ3n) is 6.48. The van der Waals surface area contributed by atoms with Gasteiger partial charge in [0.15, 0.2) is 0 Å². The van der Waals surface area contributed by atoms with Crippen LogP contribution >= 0.6 is 0 Å². The van der Waals surface area contributed by atoms with Gasteiger partial charge in [-0.2, -0.15) is 0 Å². The topological polar surface area (TPSA) is 68.4 Å². The number of piperidine rings is 2. The van der Waals surface area contributed by atoms with E-state index < -0.39 is 0 Å². The lowest BCUT2D eigenvalue weighted by Crippen LogP contribution is -2.51. The second-order valence-electron chi connectivity index (χ2n) is 8.47. The Kier molecular flexibility index (Phi) is 6.84. The van der Waals surface area contributed by atoms with Crippen molar-refractivity contribution in [3.8, 4) is 0 Å². The molecule has 1 atom stereocenters. The number of nitrogens with one attached hydrogen (secondary N) is 2. The maximum atomic E-state index is 12.7. The van der Waals surface area contributed by atoms with Gasteiger partial charge in [-0.15, -0.1) is 0 Å². The summed E-state index contributed by atoms with van der Waals surface area (Å²) in [6.07, 6.45) is 6.66. The molecule has 2 aliphatic rings. The highest BCUT2D eigenvalue weighted by Gasteiger charge is 2.32. The SMILES string of the molecule is O=C(NCCc1ccccc1)[C@@H]1CCCN(C2CCN(C(=O)c3ccc[nH]3)CC2)C1. The molecule has 1 aromatic carbocycles. The normalized spacial score (nSPS) is 20.8. The van der Waals surface area contributed by atoms with Crippen LogP contribution in [0.25, 0.3) is 0 Å². The van der Waals surface area contributed by atoms with Crippen LogP contribution in [0.15, 0.2) is 48.7 Å². The molecule has 0 unspecified atom stereocenters. The molecule has 0 spiro atoms. The summed E-state index contributed by atoms with van der Waals surface area (Å²) in [7, 11) is 0. The zero-order valence-electron chi connectivity index (χ0n) is 17.6. The first-order valence-corrected chi connectivity index (χ1v) is 11.2. The largest absolute Gasteiger partial charge is 0.357 e. The third kappa shape index (κ3) is 5.11. The van der Waals surface area contributed by atoms with Gasteiger partial charge in [-0.05, 0) is 56.3 Å². The monoisotopic (exact) mass is 408 g/mol. The Balaban J connectivity index is 1.22. The number of carbonyl (C=O) groups is 2. The average Bonchev–Trinajstić information content (AvgIpc) is 3.34. The smallest absolute Gasteiger partial charge is 0.270 e. The Labute approximate surface area is 178 Å². The zero-order chi connectivity index (χ0) is 20.8. The van der Waals surface area contributed by atoms with Crippen molar-refractivity contribution in [1.29, 1.82) is 0 Å². The van der Waals surface area contributed by atoms with E-state index >= 15 is 0 Å². The predicted octanol–water partition coefficient (Wildman–Crippen LogP) is 2.69. The second kappa shape index (κ2) is 9.94. The molecule has 2 aromatic rings. The molecule has 2 saturated heterocycles. The number of hydrogen-bond donors (Lipinski definition) is 2. The third-order valence-corrected chi connectivity index (χ3v) is 6.48. The van der Waals surface area contributed by atoms with Gasteiger partial charge in [0, 0.05) is 38.4 Å². The van der Waals surface area contributed by atoms with Gasteiger partial charge in [0.25, 0.3) is 5.91 Å². The molecule has 160 valence electrons. The molecule has 2 amide bonds. The lowest BCUT2D eigenvalue weighted by molar-refractivity contribution is -0.127. The summed E-state index contributed by atoms with van der Waals surface area (Å²) in [4.78, 5) is 32.7. The molecule has 2 aliphatic heterocycles. The number of benzene rings is 1. The lowest BCUT2D eigenvalue weighted by Gasteiger charge is -2.42. The minimum absolute atomic E-state index is 0.0769. The van der Waals surface area contributed by atoms with Gasteiger partial charge in [0.05, 0.1) is 5.92 Å². The summed E-state index contributed by atoms with van der Waals surface area (Å²) in [6, 6.07) is 14.4. The van der Waals surface area contributed by atoms with E-state index in [-0.39, 0.29) is 17.7 Å². The van der Waals surface area contributed by atoms with E-state index in [1.54, 1.807) is 6.20 Å². The molecule has 2 fully saturated rings. The molecular weight excluding hydrogens is 376 g/mol. The minimum Gasteiger partial charge on any atom is -0.357 e. The van der Waals surface area contributed by atoms with Crippen LogP contribution in [0.1, 0.15) is 41.7 Å². The van der Waals surface area contributed by atoms with Crippen molar-refractivity contribution >= 4 is 11.8 Å². The van der Waals surface area contributed by atoms with Crippen LogP contribution in [0.5, 0.6) is 0 Å². The van der Waals surface area contributed by atoms with Crippen LogP contribution in [0, 0.1) is 5.92 Å². The first-order chi connectivity index (χ1) is 14.7. The van der Waals surface area contributed by atoms with Gasteiger partial charge in [0.2, 0.25) is 5.91 Å². The maximum absolute atomic E-state index is 12.7. The Morgan fingerprint density at radius 2 is 1.80 bits per heavy atom. The van der Waals surface area contributed by atoms with Crippen LogP contribution in [0.2, 0.25) is 0 Å². The van der Waals surface area contributed by atoms with Crippen molar-refractivity contribution in [1.82, 2.24) is 20.1 Å². The summed E-state index contributed by atoms with van der Waals surface area (Å²) in [5, 5.41) is 3.14. The summed E-state index contributed by atoms with van der Waals surface area (Å²) in [6.45, 7) is 4.16. The molecule has 6 heteroatoms. The highest BCUT2D eigenvalue weighted by atomic mass is 16.2. The summed E-state index contributed by atoms with van der Waals surface area (Å²) < 4.78 is 0. The van der Waals surface area contributed by atoms with Gasteiger partial charge in [-0.3, -0.25) is 14.5 Å². The summed E-state index contributed by atoms with van der Waals surface area (Å²) >= 11 is 0. The van der Waals surface area contributed by atoms with Crippen LogP contribution in [0.4, 0.5) is 0 Å². The Bertz CT molecular complexity index is 813. The second-order valence-corrected chi connectivity index (χ2v) is 8.47. The zero-order valence-corrected chi connectivity index (χ0v) is 17.6. The Morgan fingerprint density at radius 1 is 1.00 bits per heavy atom. The van der Waals surface area contributed by atoms with Crippen molar-refractivity contribution in [2.75, 3.05) is 32.7 Å². The Hall–Kier alpha value is -2.60. The first kappa shape index (κ1) is 20.7. The summed E-state index contributed by atoms with van der Waals surface area (Å²) in [5.74, 6) is 0.357. The van der Waals surface area contributed by atoms with Crippen LogP contribution in [-0.4, -0.2) is 65.4 Å². The molecule has 1 aromatic heterocycles. The van der Waals surface area contributed by atoms with Gasteiger partial charge in [-0.25, -0.2) is 0 Å². The number of aromatic amines is 1. The van der Waals surface area contributed by atoms with Crippen LogP contribution in [0.3, 0.4) is 0 Å². The molecule has 0 aliphatic carbocycles. The maximum Gasteiger partial charge on any atom is 0.270 e. The number of aromatic nitrogens is 1. The standard InChI is InChI=1S/C24H32N4O2/c29-23(26-14-10-19-6-2-1-3-7-19)20-8-5-15-28(18-20)21-11-16-27(17-12-21)24(30)22-9-4-13-25-22/h1-4,6-7,9,13,20-21,25H,5,8,10-12,14-18H2,(H,26,29)/t20-/m1/s1. The number of H-pyrrole nitrogens is 1. The van der Waals surface area contributed by atoms with Gasteiger partial charge in [0.1, 0.15) is 5.69 Å². The van der Waals surface area contributed by atoms with E-state index in [1.165, 1.54) is 5.56 Å². The first-order valence-electron chi connectivity index (χ1n) is 11.2. The summed E-state index contributed by atoms with van der Waals surface area (Å²) in [5.41, 5.74) is 1.92. The van der Waals surface area contributed by atoms with E-state index in [9.17, 15) is 9.59 Å². The molecule has 0 radical (unpaired) electrons. The van der Waals surface area contributed by atoms with E-state index in [0.717, 1.165) is 58.3 Å². The lowest BCUT2D eigenvalue weighted by atomic mass is 9.93. The number of carbonyl (C=O) groups excluding carboxylic acids is 2. The predicted molar refractivity (Wildman–Crippen MR) is 117 cm³/mol. The number of likely N-dealkylation sites (tertiary alicyclic amines) is 2. The van der Waals surface area contributed by atoms with E-state index in [1.807, 2.05) is 35.2 Å². The minimum atomic E-state index is 0.0769. The van der Waals surface area contributed by atoms with Crippen molar-refractivity contribution in [2.45, 2.75) is 38.1 Å². The van der Waals surface area contributed by atoms with Crippen LogP contribution < -0.4 is 5.32 Å². The molecule has 0 bridgehead atoms. The molecular formula is C24H32N4O2. The van der Waals surface area contributed by atoms with E-state index in [4.69, 9.17) is 0 Å². The Morgan fingerprint density at radius 3 is 2.53 bits per heavy atom. The molecule has 30 heavy (non-hydrogen) atoms. The fourth-order valence-electron chi connectivity index (χ4n) is 4.74. The van der Waals surface area contributed by atoms with Gasteiger partial charge >= 0.3 is 0 Å². The van der Waals surface area contributed by atoms with Gasteiger partial charge < -0.3 is 15.2 Å². The van der Waals surface area contributed by atoms with E-state index in [2.05, 4.69) is 27.3 Å². The van der Waals surface area contributed by atoms with Crippen molar-refractivity contribution in [2.24, 2.45) is 5.92 Å². The highest BCUT2D eigenvalue weighted by Crippen LogP contribution is 2.24. The fraction of sp³-hybridized carbons (Fsp3) is 0.500. The van der Waals surface area contributed by atoms with Gasteiger partial charge in [-0.1, -0.05) is 30.3 Å². The molecule has 6 nitrogen and oxygen atoms in total. The number of hydrogen-bond acceptors (Lipinski definition) is 3. The molecule has 4 rings (SSSR count). The highest BCUT2D eigenvalue weighted by molar-refractivity contribution is 5.92. The molecule has 3 heterocycles. The van der Waals surface area contributed by atoms with Crippen LogP contribution in [-0.2, 0) is 11.2 Å². The number of nitrogens with zero attached hydrogens (tertiary/aromatic N) is 2. The van der Waals surface area contributed by atoms with Crippen molar-refractivity contribution in [3.63, 3.8) is 0 Å². The average molecular weight is 409 g/mol. The van der Waals surface area contributed by atoms with Crippen molar-refractivity contribution < 1.29 is 9.59 Å². The van der Waals surface area contributed by atoms with Crippen molar-refractivity contribution in [3.05, 3.63) is 59.9 Å². The molecule has 2 N–H and O–H groups in total. The van der Waals surface area contributed by atoms with E-state index in [0.29, 0.717) is 18.3 Å². The fourth-order valence-corrected chi connectivity index (χ4v) is 4.74. The molecule has 0 saturated carbocycles. The quantitative estimate of drug-likeness (QED) is 0.772. The number of amides is 2.